The fourth-order valence-corrected chi connectivity index (χ4v) is 3.23. The number of hydrogen-bond acceptors (Lipinski definition) is 3. The quantitative estimate of drug-likeness (QED) is 0.926. The molecule has 2 rings (SSSR count). The molecule has 1 aromatic heterocycles. The van der Waals surface area contributed by atoms with Gasteiger partial charge in [0.2, 0.25) is 0 Å². The van der Waals surface area contributed by atoms with Crippen molar-refractivity contribution in [3.63, 3.8) is 0 Å². The van der Waals surface area contributed by atoms with Gasteiger partial charge in [-0.05, 0) is 41.1 Å². The van der Waals surface area contributed by atoms with Crippen LogP contribution in [0.4, 0.5) is 0 Å². The van der Waals surface area contributed by atoms with Crippen LogP contribution in [0.1, 0.15) is 23.2 Å². The summed E-state index contributed by atoms with van der Waals surface area (Å²) >= 11 is 6.75. The lowest BCUT2D eigenvalue weighted by atomic mass is 10.3. The largest absolute Gasteiger partial charge is 0.351 e. The highest BCUT2D eigenvalue weighted by Crippen LogP contribution is 2.46. The van der Waals surface area contributed by atoms with Crippen LogP contribution in [0.15, 0.2) is 15.2 Å². The molecule has 1 amide bonds. The first kappa shape index (κ1) is 11.5. The molecule has 1 saturated carbocycles. The van der Waals surface area contributed by atoms with Gasteiger partial charge in [-0.3, -0.25) is 4.79 Å². The Morgan fingerprint density at radius 1 is 1.73 bits per heavy atom. The number of nitrogens with one attached hydrogen (secondary N) is 1. The molecule has 1 aliphatic rings. The topological polar surface area (TPSA) is 29.1 Å². The zero-order chi connectivity index (χ0) is 10.9. The van der Waals surface area contributed by atoms with E-state index >= 15 is 0 Å². The van der Waals surface area contributed by atoms with Crippen molar-refractivity contribution >= 4 is 44.9 Å². The second kappa shape index (κ2) is 4.47. The maximum atomic E-state index is 11.7. The fraction of sp³-hybridized carbons (Fsp3) is 0.500. The molecule has 0 spiro atoms. The van der Waals surface area contributed by atoms with E-state index in [1.165, 1.54) is 24.2 Å². The summed E-state index contributed by atoms with van der Waals surface area (Å²) in [5.74, 6) is 0.0391. The van der Waals surface area contributed by atoms with E-state index in [2.05, 4.69) is 27.5 Å². The molecule has 1 fully saturated rings. The van der Waals surface area contributed by atoms with Crippen molar-refractivity contribution in [2.75, 3.05) is 12.8 Å². The van der Waals surface area contributed by atoms with Crippen LogP contribution in [0.3, 0.4) is 0 Å². The smallest absolute Gasteiger partial charge is 0.252 e. The van der Waals surface area contributed by atoms with Crippen molar-refractivity contribution in [1.29, 1.82) is 0 Å². The Labute approximate surface area is 106 Å². The van der Waals surface area contributed by atoms with E-state index in [1.54, 1.807) is 0 Å². The monoisotopic (exact) mass is 305 g/mol. The number of carbonyl (C=O) groups is 1. The van der Waals surface area contributed by atoms with Crippen molar-refractivity contribution in [2.24, 2.45) is 0 Å². The van der Waals surface area contributed by atoms with Crippen molar-refractivity contribution in [1.82, 2.24) is 5.32 Å². The third-order valence-electron chi connectivity index (χ3n) is 2.64. The average Bonchev–Trinajstić information content (AvgIpc) is 2.90. The molecule has 0 unspecified atom stereocenters. The minimum Gasteiger partial charge on any atom is -0.351 e. The second-order valence-corrected chi connectivity index (χ2v) is 7.27. The van der Waals surface area contributed by atoms with E-state index in [1.807, 2.05) is 23.2 Å². The molecule has 1 aliphatic carbocycles. The van der Waals surface area contributed by atoms with Crippen LogP contribution in [0.5, 0.6) is 0 Å². The highest BCUT2D eigenvalue weighted by Gasteiger charge is 2.41. The van der Waals surface area contributed by atoms with Gasteiger partial charge in [-0.2, -0.15) is 11.8 Å². The Hall–Kier alpha value is -0.000000000000000111. The number of halogens is 1. The van der Waals surface area contributed by atoms with Gasteiger partial charge in [0.15, 0.2) is 0 Å². The van der Waals surface area contributed by atoms with Crippen LogP contribution in [-0.2, 0) is 0 Å². The standard InChI is InChI=1S/C10H12BrNOS2/c1-14-10(2-3-10)6-12-9(13)7-4-8(11)15-5-7/h4-5H,2-3,6H2,1H3,(H,12,13). The van der Waals surface area contributed by atoms with E-state index in [9.17, 15) is 4.79 Å². The zero-order valence-corrected chi connectivity index (χ0v) is 11.6. The summed E-state index contributed by atoms with van der Waals surface area (Å²) in [6.45, 7) is 0.792. The van der Waals surface area contributed by atoms with E-state index in [0.717, 1.165) is 15.9 Å². The summed E-state index contributed by atoms with van der Waals surface area (Å²) in [4.78, 5) is 11.7. The lowest BCUT2D eigenvalue weighted by Crippen LogP contribution is -2.31. The highest BCUT2D eigenvalue weighted by molar-refractivity contribution is 9.11. The number of rotatable bonds is 4. The summed E-state index contributed by atoms with van der Waals surface area (Å²) in [6, 6.07) is 1.86. The molecule has 1 N–H and O–H groups in total. The van der Waals surface area contributed by atoms with E-state index < -0.39 is 0 Å². The molecule has 2 nitrogen and oxygen atoms in total. The summed E-state index contributed by atoms with van der Waals surface area (Å²) in [6.07, 6.45) is 4.56. The number of amides is 1. The Morgan fingerprint density at radius 3 is 2.93 bits per heavy atom. The summed E-state index contributed by atoms with van der Waals surface area (Å²) < 4.78 is 1.33. The van der Waals surface area contributed by atoms with Crippen LogP contribution in [0.25, 0.3) is 0 Å². The summed E-state index contributed by atoms with van der Waals surface area (Å²) in [5, 5.41) is 4.87. The Balaban J connectivity index is 1.88. The SMILES string of the molecule is CSC1(CNC(=O)c2csc(Br)c2)CC1. The molecule has 0 atom stereocenters. The molecule has 1 heterocycles. The van der Waals surface area contributed by atoms with Crippen LogP contribution in [-0.4, -0.2) is 23.5 Å². The van der Waals surface area contributed by atoms with E-state index in [-0.39, 0.29) is 5.91 Å². The second-order valence-electron chi connectivity index (χ2n) is 3.71. The molecule has 5 heteroatoms. The van der Waals surface area contributed by atoms with Crippen LogP contribution in [0, 0.1) is 0 Å². The Kier molecular flexibility index (Phi) is 3.42. The van der Waals surface area contributed by atoms with Crippen molar-refractivity contribution in [2.45, 2.75) is 17.6 Å². The first-order valence-electron chi connectivity index (χ1n) is 4.73. The molecule has 0 saturated heterocycles. The molecular formula is C10H12BrNOS2. The maximum Gasteiger partial charge on any atom is 0.252 e. The van der Waals surface area contributed by atoms with Gasteiger partial charge in [-0.15, -0.1) is 11.3 Å². The van der Waals surface area contributed by atoms with Gasteiger partial charge < -0.3 is 5.32 Å². The van der Waals surface area contributed by atoms with Crippen LogP contribution in [0.2, 0.25) is 0 Å². The van der Waals surface area contributed by atoms with Gasteiger partial charge in [0.05, 0.1) is 9.35 Å². The Bertz CT molecular complexity index is 373. The predicted octanol–water partition coefficient (Wildman–Crippen LogP) is 3.14. The number of thioether (sulfide) groups is 1. The molecule has 0 aromatic carbocycles. The van der Waals surface area contributed by atoms with Gasteiger partial charge in [0.25, 0.3) is 5.91 Å². The molecule has 0 bridgehead atoms. The summed E-state index contributed by atoms with van der Waals surface area (Å²) in [5.41, 5.74) is 0.753. The predicted molar refractivity (Wildman–Crippen MR) is 69.8 cm³/mol. The zero-order valence-electron chi connectivity index (χ0n) is 8.38. The molecule has 0 radical (unpaired) electrons. The first-order valence-corrected chi connectivity index (χ1v) is 7.62. The van der Waals surface area contributed by atoms with Crippen molar-refractivity contribution < 1.29 is 4.79 Å². The van der Waals surface area contributed by atoms with Gasteiger partial charge in [-0.1, -0.05) is 0 Å². The minimum atomic E-state index is 0.0391. The number of thiophene rings is 1. The third-order valence-corrected chi connectivity index (χ3v) is 5.56. The number of carbonyl (C=O) groups excluding carboxylic acids is 1. The lowest BCUT2D eigenvalue weighted by molar-refractivity contribution is 0.0953. The van der Waals surface area contributed by atoms with Crippen molar-refractivity contribution in [3.8, 4) is 0 Å². The Morgan fingerprint density at radius 2 is 2.47 bits per heavy atom. The molecule has 1 aromatic rings. The van der Waals surface area contributed by atoms with Gasteiger partial charge in [-0.25, -0.2) is 0 Å². The summed E-state index contributed by atoms with van der Waals surface area (Å²) in [7, 11) is 0. The van der Waals surface area contributed by atoms with Gasteiger partial charge in [0, 0.05) is 16.7 Å². The van der Waals surface area contributed by atoms with Gasteiger partial charge >= 0.3 is 0 Å². The van der Waals surface area contributed by atoms with Crippen LogP contribution >= 0.6 is 39.0 Å². The van der Waals surface area contributed by atoms with E-state index in [4.69, 9.17) is 0 Å². The maximum absolute atomic E-state index is 11.7. The fourth-order valence-electron chi connectivity index (χ4n) is 1.37. The molecule has 15 heavy (non-hydrogen) atoms. The first-order chi connectivity index (χ1) is 7.15. The molecular weight excluding hydrogens is 294 g/mol. The molecule has 0 aliphatic heterocycles. The van der Waals surface area contributed by atoms with Crippen LogP contribution < -0.4 is 5.32 Å². The highest BCUT2D eigenvalue weighted by atomic mass is 79.9. The third kappa shape index (κ3) is 2.77. The molecule has 82 valence electrons. The van der Waals surface area contributed by atoms with Crippen molar-refractivity contribution in [3.05, 3.63) is 20.8 Å². The van der Waals surface area contributed by atoms with Gasteiger partial charge in [0.1, 0.15) is 0 Å². The lowest BCUT2D eigenvalue weighted by Gasteiger charge is -2.12. The average molecular weight is 306 g/mol. The minimum absolute atomic E-state index is 0.0391. The number of hydrogen-bond donors (Lipinski definition) is 1. The normalized spacial score (nSPS) is 17.5. The van der Waals surface area contributed by atoms with E-state index in [0.29, 0.717) is 4.75 Å².